The molecule has 1 fully saturated rings. The number of hydrogen-bond acceptors (Lipinski definition) is 5. The zero-order chi connectivity index (χ0) is 14.8. The number of nitrogens with two attached hydrogens (primary N) is 1. The minimum atomic E-state index is 0.420. The van der Waals surface area contributed by atoms with Gasteiger partial charge in [-0.3, -0.25) is 4.90 Å². The number of hydrogen-bond donors (Lipinski definition) is 1. The van der Waals surface area contributed by atoms with Crippen molar-refractivity contribution >= 4 is 5.95 Å². The van der Waals surface area contributed by atoms with E-state index in [-0.39, 0.29) is 0 Å². The Morgan fingerprint density at radius 1 is 1.38 bits per heavy atom. The minimum Gasteiger partial charge on any atom is -0.337 e. The number of nitrogens with zero attached hydrogens (tertiary/aromatic N) is 4. The van der Waals surface area contributed by atoms with E-state index >= 15 is 0 Å². The van der Waals surface area contributed by atoms with Crippen LogP contribution < -0.4 is 10.6 Å². The summed E-state index contributed by atoms with van der Waals surface area (Å²) in [5.41, 5.74) is 8.40. The molecule has 0 spiro atoms. The molecule has 1 aromatic heterocycles. The van der Waals surface area contributed by atoms with Gasteiger partial charge >= 0.3 is 0 Å². The molecule has 0 aromatic carbocycles. The Hall–Kier alpha value is -1.20. The molecule has 5 heteroatoms. The van der Waals surface area contributed by atoms with Crippen LogP contribution in [0.3, 0.4) is 0 Å². The van der Waals surface area contributed by atoms with E-state index in [1.807, 2.05) is 6.20 Å². The molecule has 2 aliphatic rings. The normalized spacial score (nSPS) is 22.9. The van der Waals surface area contributed by atoms with Crippen molar-refractivity contribution in [1.29, 1.82) is 0 Å². The summed E-state index contributed by atoms with van der Waals surface area (Å²) in [6.45, 7) is 9.55. The van der Waals surface area contributed by atoms with Gasteiger partial charge in [-0.15, -0.1) is 0 Å². The van der Waals surface area contributed by atoms with Crippen molar-refractivity contribution in [1.82, 2.24) is 14.9 Å². The fourth-order valence-corrected chi connectivity index (χ4v) is 3.52. The van der Waals surface area contributed by atoms with Crippen molar-refractivity contribution in [2.45, 2.75) is 45.7 Å². The van der Waals surface area contributed by atoms with Crippen LogP contribution in [0.15, 0.2) is 6.20 Å². The van der Waals surface area contributed by atoms with E-state index in [1.165, 1.54) is 24.1 Å². The van der Waals surface area contributed by atoms with Crippen molar-refractivity contribution in [3.8, 4) is 0 Å². The fraction of sp³-hybridized carbons (Fsp3) is 0.750. The van der Waals surface area contributed by atoms with Gasteiger partial charge in [0.05, 0.1) is 5.69 Å². The van der Waals surface area contributed by atoms with Gasteiger partial charge in [-0.05, 0) is 18.8 Å². The lowest BCUT2D eigenvalue weighted by atomic mass is 10.1. The lowest BCUT2D eigenvalue weighted by molar-refractivity contribution is 0.224. The average Bonchev–Trinajstić information content (AvgIpc) is 2.94. The number of aromatic nitrogens is 2. The van der Waals surface area contributed by atoms with Gasteiger partial charge in [0.1, 0.15) is 0 Å². The molecule has 1 unspecified atom stereocenters. The molecule has 5 nitrogen and oxygen atoms in total. The minimum absolute atomic E-state index is 0.420. The molecule has 1 atom stereocenters. The molecule has 116 valence electrons. The average molecular weight is 289 g/mol. The van der Waals surface area contributed by atoms with Crippen LogP contribution in [0.1, 0.15) is 37.9 Å². The Balaban J connectivity index is 1.74. The summed E-state index contributed by atoms with van der Waals surface area (Å²) in [4.78, 5) is 14.3. The molecular formula is C16H27N5. The molecule has 2 N–H and O–H groups in total. The summed E-state index contributed by atoms with van der Waals surface area (Å²) in [6, 6.07) is 0.420. The molecule has 3 heterocycles. The summed E-state index contributed by atoms with van der Waals surface area (Å²) in [6.07, 6.45) is 5.44. The lowest BCUT2D eigenvalue weighted by Gasteiger charge is -2.30. The van der Waals surface area contributed by atoms with E-state index in [0.29, 0.717) is 18.5 Å². The third kappa shape index (κ3) is 3.19. The monoisotopic (exact) mass is 289 g/mol. The second kappa shape index (κ2) is 6.28. The highest BCUT2D eigenvalue weighted by atomic mass is 15.3. The third-order valence-electron chi connectivity index (χ3n) is 4.53. The van der Waals surface area contributed by atoms with Gasteiger partial charge in [0.25, 0.3) is 0 Å². The Labute approximate surface area is 127 Å². The molecule has 0 aliphatic carbocycles. The Morgan fingerprint density at radius 2 is 2.24 bits per heavy atom. The number of fused-ring (bicyclic) bond motifs is 1. The van der Waals surface area contributed by atoms with E-state index in [4.69, 9.17) is 10.7 Å². The summed E-state index contributed by atoms with van der Waals surface area (Å²) in [7, 11) is 0. The highest BCUT2D eigenvalue weighted by molar-refractivity contribution is 5.37. The zero-order valence-corrected chi connectivity index (χ0v) is 13.3. The van der Waals surface area contributed by atoms with Gasteiger partial charge in [0.2, 0.25) is 5.95 Å². The van der Waals surface area contributed by atoms with Gasteiger partial charge in [0.15, 0.2) is 0 Å². The van der Waals surface area contributed by atoms with Gasteiger partial charge < -0.3 is 10.6 Å². The lowest BCUT2D eigenvalue weighted by Crippen LogP contribution is -2.38. The molecule has 0 bridgehead atoms. The SMILES string of the molecule is CC(C)CN1CCc2nc(N3CCCC3CN)ncc2C1. The molecular weight excluding hydrogens is 262 g/mol. The predicted molar refractivity (Wildman–Crippen MR) is 85.3 cm³/mol. The second-order valence-electron chi connectivity index (χ2n) is 6.75. The summed E-state index contributed by atoms with van der Waals surface area (Å²) in [5, 5.41) is 0. The first-order valence-electron chi connectivity index (χ1n) is 8.21. The maximum absolute atomic E-state index is 5.86. The van der Waals surface area contributed by atoms with Crippen LogP contribution in [0.25, 0.3) is 0 Å². The maximum atomic E-state index is 5.86. The molecule has 21 heavy (non-hydrogen) atoms. The molecule has 0 saturated carbocycles. The Kier molecular flexibility index (Phi) is 4.40. The van der Waals surface area contributed by atoms with Crippen LogP contribution in [0.5, 0.6) is 0 Å². The van der Waals surface area contributed by atoms with E-state index in [0.717, 1.165) is 38.5 Å². The van der Waals surface area contributed by atoms with Crippen molar-refractivity contribution in [3.05, 3.63) is 17.5 Å². The highest BCUT2D eigenvalue weighted by Crippen LogP contribution is 2.24. The van der Waals surface area contributed by atoms with Crippen LogP contribution in [0, 0.1) is 5.92 Å². The highest BCUT2D eigenvalue weighted by Gasteiger charge is 2.27. The second-order valence-corrected chi connectivity index (χ2v) is 6.75. The van der Waals surface area contributed by atoms with Crippen LogP contribution >= 0.6 is 0 Å². The van der Waals surface area contributed by atoms with Crippen LogP contribution in [-0.4, -0.2) is 47.1 Å². The van der Waals surface area contributed by atoms with Crippen LogP contribution in [0.2, 0.25) is 0 Å². The van der Waals surface area contributed by atoms with E-state index in [1.54, 1.807) is 0 Å². The van der Waals surface area contributed by atoms with Gasteiger partial charge in [-0.25, -0.2) is 9.97 Å². The Morgan fingerprint density at radius 3 is 3.00 bits per heavy atom. The molecule has 3 rings (SSSR count). The van der Waals surface area contributed by atoms with Crippen LogP contribution in [-0.2, 0) is 13.0 Å². The first-order chi connectivity index (χ1) is 10.2. The molecule has 1 saturated heterocycles. The molecule has 1 aromatic rings. The predicted octanol–water partition coefficient (Wildman–Crippen LogP) is 1.42. The third-order valence-corrected chi connectivity index (χ3v) is 4.53. The standard InChI is InChI=1S/C16H27N5/c1-12(2)10-20-7-5-15-13(11-20)9-18-16(19-15)21-6-3-4-14(21)8-17/h9,12,14H,3-8,10-11,17H2,1-2H3. The van der Waals surface area contributed by atoms with Crippen molar-refractivity contribution in [3.63, 3.8) is 0 Å². The van der Waals surface area contributed by atoms with Gasteiger partial charge in [0, 0.05) is 56.9 Å². The van der Waals surface area contributed by atoms with Crippen molar-refractivity contribution in [2.75, 3.05) is 31.1 Å². The van der Waals surface area contributed by atoms with E-state index in [9.17, 15) is 0 Å². The fourth-order valence-electron chi connectivity index (χ4n) is 3.52. The van der Waals surface area contributed by atoms with Gasteiger partial charge in [-0.1, -0.05) is 13.8 Å². The van der Waals surface area contributed by atoms with Crippen LogP contribution in [0.4, 0.5) is 5.95 Å². The summed E-state index contributed by atoms with van der Waals surface area (Å²) < 4.78 is 0. The zero-order valence-electron chi connectivity index (χ0n) is 13.3. The smallest absolute Gasteiger partial charge is 0.225 e. The largest absolute Gasteiger partial charge is 0.337 e. The van der Waals surface area contributed by atoms with Crippen molar-refractivity contribution in [2.24, 2.45) is 11.7 Å². The Bertz CT molecular complexity index is 488. The van der Waals surface area contributed by atoms with E-state index < -0.39 is 0 Å². The summed E-state index contributed by atoms with van der Waals surface area (Å²) >= 11 is 0. The first-order valence-corrected chi connectivity index (χ1v) is 8.21. The first kappa shape index (κ1) is 14.7. The number of anilines is 1. The summed E-state index contributed by atoms with van der Waals surface area (Å²) in [5.74, 6) is 1.60. The quantitative estimate of drug-likeness (QED) is 0.908. The number of rotatable bonds is 4. The molecule has 0 radical (unpaired) electrons. The van der Waals surface area contributed by atoms with Crippen molar-refractivity contribution < 1.29 is 0 Å². The topological polar surface area (TPSA) is 58.3 Å². The molecule has 0 amide bonds. The van der Waals surface area contributed by atoms with E-state index in [2.05, 4.69) is 28.6 Å². The van der Waals surface area contributed by atoms with Gasteiger partial charge in [-0.2, -0.15) is 0 Å². The molecule has 2 aliphatic heterocycles. The maximum Gasteiger partial charge on any atom is 0.225 e.